The summed E-state index contributed by atoms with van der Waals surface area (Å²) in [7, 11) is 1.69. The smallest absolute Gasteiger partial charge is 0.234 e. The minimum atomic E-state index is -3.39. The number of hydrogen-bond donors (Lipinski definition) is 0. The van der Waals surface area contributed by atoms with E-state index in [9.17, 15) is 8.42 Å². The van der Waals surface area contributed by atoms with E-state index < -0.39 is 9.05 Å². The molecule has 1 saturated carbocycles. The highest BCUT2D eigenvalue weighted by atomic mass is 35.7. The standard InChI is InChI=1S/C10H19ClO3S/c11-15(12,13)8-7-14-9-10-5-3-1-2-4-6-10/h10H,1-9H2. The van der Waals surface area contributed by atoms with Crippen molar-refractivity contribution in [3.05, 3.63) is 0 Å². The van der Waals surface area contributed by atoms with Crippen LogP contribution in [0.2, 0.25) is 0 Å². The average molecular weight is 255 g/mol. The molecule has 3 nitrogen and oxygen atoms in total. The molecule has 0 aromatic carbocycles. The molecule has 0 spiro atoms. The molecule has 0 bridgehead atoms. The summed E-state index contributed by atoms with van der Waals surface area (Å²) in [6, 6.07) is 0. The van der Waals surface area contributed by atoms with Gasteiger partial charge in [0.1, 0.15) is 0 Å². The summed E-state index contributed by atoms with van der Waals surface area (Å²) >= 11 is 0. The normalized spacial score (nSPS) is 20.1. The largest absolute Gasteiger partial charge is 0.380 e. The van der Waals surface area contributed by atoms with Gasteiger partial charge in [0.25, 0.3) is 0 Å². The third-order valence-electron chi connectivity index (χ3n) is 2.80. The van der Waals surface area contributed by atoms with E-state index in [0.29, 0.717) is 12.5 Å². The molecule has 0 unspecified atom stereocenters. The Kier molecular flexibility index (Phi) is 5.94. The van der Waals surface area contributed by atoms with Crippen molar-refractivity contribution < 1.29 is 13.2 Å². The summed E-state index contributed by atoms with van der Waals surface area (Å²) in [5.41, 5.74) is 0. The van der Waals surface area contributed by atoms with Crippen LogP contribution in [0.3, 0.4) is 0 Å². The first-order chi connectivity index (χ1) is 7.08. The maximum Gasteiger partial charge on any atom is 0.234 e. The molecule has 1 aliphatic rings. The molecular weight excluding hydrogens is 236 g/mol. The van der Waals surface area contributed by atoms with Crippen molar-refractivity contribution in [1.82, 2.24) is 0 Å². The van der Waals surface area contributed by atoms with Crippen LogP contribution in [0.5, 0.6) is 0 Å². The second-order valence-corrected chi connectivity index (χ2v) is 7.07. The van der Waals surface area contributed by atoms with E-state index >= 15 is 0 Å². The Balaban J connectivity index is 2.08. The van der Waals surface area contributed by atoms with E-state index in [1.54, 1.807) is 0 Å². The van der Waals surface area contributed by atoms with E-state index in [4.69, 9.17) is 15.4 Å². The van der Waals surface area contributed by atoms with Crippen molar-refractivity contribution in [2.24, 2.45) is 5.92 Å². The zero-order chi connectivity index (χ0) is 11.1. The summed E-state index contributed by atoms with van der Waals surface area (Å²) in [6.45, 7) is 0.911. The van der Waals surface area contributed by atoms with Crippen LogP contribution in [0.15, 0.2) is 0 Å². The Morgan fingerprint density at radius 1 is 1.13 bits per heavy atom. The second kappa shape index (κ2) is 6.71. The molecule has 1 rings (SSSR count). The second-order valence-electron chi connectivity index (χ2n) is 4.18. The lowest BCUT2D eigenvalue weighted by Crippen LogP contribution is -2.13. The van der Waals surface area contributed by atoms with E-state index in [0.717, 1.165) is 0 Å². The number of halogens is 1. The van der Waals surface area contributed by atoms with Crippen molar-refractivity contribution in [3.63, 3.8) is 0 Å². The molecule has 0 aliphatic heterocycles. The Morgan fingerprint density at radius 3 is 2.27 bits per heavy atom. The van der Waals surface area contributed by atoms with Crippen molar-refractivity contribution in [1.29, 1.82) is 0 Å². The van der Waals surface area contributed by atoms with Crippen LogP contribution in [-0.4, -0.2) is 27.4 Å². The van der Waals surface area contributed by atoms with Crippen LogP contribution in [0.25, 0.3) is 0 Å². The van der Waals surface area contributed by atoms with Gasteiger partial charge in [-0.2, -0.15) is 0 Å². The predicted molar refractivity (Wildman–Crippen MR) is 61.7 cm³/mol. The van der Waals surface area contributed by atoms with Gasteiger partial charge in [0.05, 0.1) is 12.4 Å². The Morgan fingerprint density at radius 2 is 1.73 bits per heavy atom. The summed E-state index contributed by atoms with van der Waals surface area (Å²) < 4.78 is 26.6. The maximum atomic E-state index is 10.6. The molecule has 0 aromatic heterocycles. The quantitative estimate of drug-likeness (QED) is 0.430. The molecule has 0 saturated heterocycles. The first kappa shape index (κ1) is 13.3. The van der Waals surface area contributed by atoms with E-state index in [2.05, 4.69) is 0 Å². The topological polar surface area (TPSA) is 43.4 Å². The maximum absolute atomic E-state index is 10.6. The predicted octanol–water partition coefficient (Wildman–Crippen LogP) is 2.54. The zero-order valence-electron chi connectivity index (χ0n) is 8.95. The highest BCUT2D eigenvalue weighted by Crippen LogP contribution is 2.22. The SMILES string of the molecule is O=S(=O)(Cl)CCOCC1CCCCCC1. The van der Waals surface area contributed by atoms with E-state index in [-0.39, 0.29) is 12.4 Å². The Bertz CT molecular complexity index is 256. The number of rotatable bonds is 5. The summed E-state index contributed by atoms with van der Waals surface area (Å²) in [5.74, 6) is 0.534. The zero-order valence-corrected chi connectivity index (χ0v) is 10.5. The van der Waals surface area contributed by atoms with Crippen LogP contribution in [0.1, 0.15) is 38.5 Å². The third kappa shape index (κ3) is 7.14. The van der Waals surface area contributed by atoms with Gasteiger partial charge in [0.2, 0.25) is 9.05 Å². The van der Waals surface area contributed by atoms with Crippen molar-refractivity contribution in [2.45, 2.75) is 38.5 Å². The van der Waals surface area contributed by atoms with E-state index in [1.165, 1.54) is 38.5 Å². The Labute approximate surface area is 96.6 Å². The summed E-state index contributed by atoms with van der Waals surface area (Å²) in [5, 5.41) is 0. The molecule has 15 heavy (non-hydrogen) atoms. The molecule has 0 heterocycles. The minimum Gasteiger partial charge on any atom is -0.380 e. The van der Waals surface area contributed by atoms with Gasteiger partial charge in [-0.25, -0.2) is 8.42 Å². The molecule has 1 aliphatic carbocycles. The van der Waals surface area contributed by atoms with Crippen LogP contribution < -0.4 is 0 Å². The van der Waals surface area contributed by atoms with Gasteiger partial charge in [0, 0.05) is 17.3 Å². The van der Waals surface area contributed by atoms with Crippen LogP contribution in [0.4, 0.5) is 0 Å². The molecule has 0 N–H and O–H groups in total. The fraction of sp³-hybridized carbons (Fsp3) is 1.00. The van der Waals surface area contributed by atoms with Gasteiger partial charge < -0.3 is 4.74 Å². The molecule has 0 aromatic rings. The highest BCUT2D eigenvalue weighted by molar-refractivity contribution is 8.13. The lowest BCUT2D eigenvalue weighted by Gasteiger charge is -2.13. The van der Waals surface area contributed by atoms with Crippen molar-refractivity contribution >= 4 is 19.7 Å². The lowest BCUT2D eigenvalue weighted by atomic mass is 10.0. The molecule has 90 valence electrons. The third-order valence-corrected chi connectivity index (χ3v) is 3.92. The van der Waals surface area contributed by atoms with Crippen molar-refractivity contribution in [3.8, 4) is 0 Å². The van der Waals surface area contributed by atoms with Crippen LogP contribution in [-0.2, 0) is 13.8 Å². The monoisotopic (exact) mass is 254 g/mol. The molecule has 0 amide bonds. The van der Waals surface area contributed by atoms with Gasteiger partial charge >= 0.3 is 0 Å². The Hall–Kier alpha value is 0.200. The fourth-order valence-electron chi connectivity index (χ4n) is 1.94. The van der Waals surface area contributed by atoms with E-state index in [1.807, 2.05) is 0 Å². The summed E-state index contributed by atoms with van der Waals surface area (Å²) in [6.07, 6.45) is 7.64. The molecule has 0 atom stereocenters. The fourth-order valence-corrected chi connectivity index (χ4v) is 2.44. The van der Waals surface area contributed by atoms with Gasteiger partial charge in [0.15, 0.2) is 0 Å². The highest BCUT2D eigenvalue weighted by Gasteiger charge is 2.12. The molecule has 1 fully saturated rings. The molecule has 5 heteroatoms. The van der Waals surface area contributed by atoms with Gasteiger partial charge in [-0.1, -0.05) is 25.7 Å². The van der Waals surface area contributed by atoms with Crippen molar-refractivity contribution in [2.75, 3.05) is 19.0 Å². The minimum absolute atomic E-state index is 0.0821. The van der Waals surface area contributed by atoms with Gasteiger partial charge in [-0.15, -0.1) is 0 Å². The first-order valence-electron chi connectivity index (χ1n) is 5.58. The van der Waals surface area contributed by atoms with Crippen LogP contribution >= 0.6 is 10.7 Å². The first-order valence-corrected chi connectivity index (χ1v) is 8.06. The number of hydrogen-bond acceptors (Lipinski definition) is 3. The molecule has 0 radical (unpaired) electrons. The van der Waals surface area contributed by atoms with Crippen LogP contribution in [0, 0.1) is 5.92 Å². The summed E-state index contributed by atoms with van der Waals surface area (Å²) in [4.78, 5) is 0. The van der Waals surface area contributed by atoms with Gasteiger partial charge in [-0.3, -0.25) is 0 Å². The average Bonchev–Trinajstić information content (AvgIpc) is 2.39. The van der Waals surface area contributed by atoms with Gasteiger partial charge in [-0.05, 0) is 18.8 Å². The molecular formula is C10H19ClO3S. The number of ether oxygens (including phenoxy) is 1. The lowest BCUT2D eigenvalue weighted by molar-refractivity contribution is 0.106.